The van der Waals surface area contributed by atoms with Gasteiger partial charge in [-0.3, -0.25) is 5.10 Å². The van der Waals surface area contributed by atoms with Gasteiger partial charge >= 0.3 is 0 Å². The van der Waals surface area contributed by atoms with Crippen LogP contribution in [0.15, 0.2) is 6.07 Å². The lowest BCUT2D eigenvalue weighted by molar-refractivity contribution is 1.05. The van der Waals surface area contributed by atoms with Gasteiger partial charge < -0.3 is 5.32 Å². The summed E-state index contributed by atoms with van der Waals surface area (Å²) in [5.41, 5.74) is 0.482. The Morgan fingerprint density at radius 3 is 3.20 bits per heavy atom. The summed E-state index contributed by atoms with van der Waals surface area (Å²) in [6, 6.07) is 3.62. The van der Waals surface area contributed by atoms with Crippen molar-refractivity contribution < 1.29 is 0 Å². The average Bonchev–Trinajstić information content (AvgIpc) is 2.37. The van der Waals surface area contributed by atoms with E-state index in [0.29, 0.717) is 5.69 Å². The normalized spacial score (nSPS) is 8.80. The molecule has 1 rings (SSSR count). The molecular weight excluding hydrogens is 128 g/mol. The van der Waals surface area contributed by atoms with Crippen LogP contribution in [-0.4, -0.2) is 16.7 Å². The molecule has 0 amide bonds. The molecule has 0 bridgehead atoms. The molecule has 0 fully saturated rings. The van der Waals surface area contributed by atoms with E-state index in [2.05, 4.69) is 15.5 Å². The van der Waals surface area contributed by atoms with Crippen molar-refractivity contribution in [1.29, 1.82) is 5.26 Å². The first kappa shape index (κ1) is 6.62. The maximum absolute atomic E-state index is 8.37. The minimum Gasteiger partial charge on any atom is -0.369 e. The van der Waals surface area contributed by atoms with E-state index in [1.807, 2.05) is 13.0 Å². The molecular formula is C6H8N4. The van der Waals surface area contributed by atoms with Crippen LogP contribution in [0.4, 0.5) is 5.82 Å². The lowest BCUT2D eigenvalue weighted by atomic mass is 10.4. The number of nitrogens with one attached hydrogen (secondary N) is 2. The molecule has 4 heteroatoms. The zero-order valence-electron chi connectivity index (χ0n) is 5.68. The van der Waals surface area contributed by atoms with Gasteiger partial charge in [0.15, 0.2) is 0 Å². The van der Waals surface area contributed by atoms with Gasteiger partial charge in [0.1, 0.15) is 17.6 Å². The summed E-state index contributed by atoms with van der Waals surface area (Å²) in [6.45, 7) is 2.79. The van der Waals surface area contributed by atoms with Crippen molar-refractivity contribution in [2.45, 2.75) is 6.92 Å². The largest absolute Gasteiger partial charge is 0.369 e. The van der Waals surface area contributed by atoms with Gasteiger partial charge in [-0.15, -0.1) is 0 Å². The number of rotatable bonds is 2. The minimum absolute atomic E-state index is 0.482. The topological polar surface area (TPSA) is 64.5 Å². The Morgan fingerprint density at radius 1 is 1.90 bits per heavy atom. The summed E-state index contributed by atoms with van der Waals surface area (Å²) >= 11 is 0. The summed E-state index contributed by atoms with van der Waals surface area (Å²) < 4.78 is 0. The molecule has 10 heavy (non-hydrogen) atoms. The lowest BCUT2D eigenvalue weighted by Crippen LogP contribution is -1.95. The molecule has 0 radical (unpaired) electrons. The molecule has 2 N–H and O–H groups in total. The molecule has 1 aromatic rings. The van der Waals surface area contributed by atoms with Crippen molar-refractivity contribution in [2.24, 2.45) is 0 Å². The zero-order valence-corrected chi connectivity index (χ0v) is 5.68. The van der Waals surface area contributed by atoms with Crippen molar-refractivity contribution in [1.82, 2.24) is 10.2 Å². The second kappa shape index (κ2) is 2.87. The maximum atomic E-state index is 8.37. The van der Waals surface area contributed by atoms with E-state index < -0.39 is 0 Å². The van der Waals surface area contributed by atoms with E-state index in [9.17, 15) is 0 Å². The number of anilines is 1. The number of aromatic amines is 1. The van der Waals surface area contributed by atoms with Crippen molar-refractivity contribution in [2.75, 3.05) is 11.9 Å². The smallest absolute Gasteiger partial charge is 0.149 e. The molecule has 0 atom stereocenters. The summed E-state index contributed by atoms with van der Waals surface area (Å²) in [7, 11) is 0. The third-order valence-corrected chi connectivity index (χ3v) is 1.06. The Morgan fingerprint density at radius 2 is 2.70 bits per heavy atom. The van der Waals surface area contributed by atoms with Gasteiger partial charge in [0.05, 0.1) is 0 Å². The Balaban J connectivity index is 2.71. The molecule has 0 aliphatic rings. The minimum atomic E-state index is 0.482. The van der Waals surface area contributed by atoms with E-state index in [0.717, 1.165) is 12.4 Å². The summed E-state index contributed by atoms with van der Waals surface area (Å²) in [4.78, 5) is 0. The highest BCUT2D eigenvalue weighted by Gasteiger charge is 1.95. The monoisotopic (exact) mass is 136 g/mol. The zero-order chi connectivity index (χ0) is 7.40. The Bertz CT molecular complexity index is 244. The second-order valence-corrected chi connectivity index (χ2v) is 1.81. The predicted molar refractivity (Wildman–Crippen MR) is 37.5 cm³/mol. The lowest BCUT2D eigenvalue weighted by Gasteiger charge is -1.91. The van der Waals surface area contributed by atoms with Gasteiger partial charge in [0.25, 0.3) is 0 Å². The fourth-order valence-corrected chi connectivity index (χ4v) is 0.651. The highest BCUT2D eigenvalue weighted by atomic mass is 15.2. The second-order valence-electron chi connectivity index (χ2n) is 1.81. The first-order valence-corrected chi connectivity index (χ1v) is 3.06. The van der Waals surface area contributed by atoms with Gasteiger partial charge in [0.2, 0.25) is 0 Å². The molecule has 0 aliphatic carbocycles. The van der Waals surface area contributed by atoms with Crippen LogP contribution in [0.25, 0.3) is 0 Å². The summed E-state index contributed by atoms with van der Waals surface area (Å²) in [5, 5.41) is 17.7. The fourth-order valence-electron chi connectivity index (χ4n) is 0.651. The van der Waals surface area contributed by atoms with Crippen LogP contribution >= 0.6 is 0 Å². The predicted octanol–water partition coefficient (Wildman–Crippen LogP) is 0.713. The van der Waals surface area contributed by atoms with Gasteiger partial charge in [-0.2, -0.15) is 10.4 Å². The Hall–Kier alpha value is -1.50. The molecule has 1 aromatic heterocycles. The van der Waals surface area contributed by atoms with E-state index in [1.165, 1.54) is 0 Å². The Kier molecular flexibility index (Phi) is 1.90. The van der Waals surface area contributed by atoms with E-state index in [1.54, 1.807) is 6.07 Å². The number of hydrogen-bond donors (Lipinski definition) is 2. The molecule has 0 saturated carbocycles. The van der Waals surface area contributed by atoms with Gasteiger partial charge in [-0.25, -0.2) is 0 Å². The molecule has 52 valence electrons. The molecule has 1 heterocycles. The third-order valence-electron chi connectivity index (χ3n) is 1.06. The highest BCUT2D eigenvalue weighted by Crippen LogP contribution is 2.02. The van der Waals surface area contributed by atoms with E-state index in [4.69, 9.17) is 5.26 Å². The first-order valence-electron chi connectivity index (χ1n) is 3.06. The molecule has 0 aliphatic heterocycles. The number of H-pyrrole nitrogens is 1. The van der Waals surface area contributed by atoms with Crippen LogP contribution in [-0.2, 0) is 0 Å². The van der Waals surface area contributed by atoms with Crippen LogP contribution < -0.4 is 5.32 Å². The Labute approximate surface area is 58.9 Å². The average molecular weight is 136 g/mol. The standard InChI is InChI=1S/C6H8N4/c1-2-8-6-3-5(4-7)9-10-6/h3H,2H2,1H3,(H2,8,9,10). The van der Waals surface area contributed by atoms with Crippen molar-refractivity contribution in [3.8, 4) is 6.07 Å². The number of aromatic nitrogens is 2. The van der Waals surface area contributed by atoms with Gasteiger partial charge in [-0.1, -0.05) is 0 Å². The van der Waals surface area contributed by atoms with Crippen LogP contribution in [0.3, 0.4) is 0 Å². The van der Waals surface area contributed by atoms with Crippen molar-refractivity contribution in [3.05, 3.63) is 11.8 Å². The highest BCUT2D eigenvalue weighted by molar-refractivity contribution is 5.38. The molecule has 4 nitrogen and oxygen atoms in total. The number of nitrogens with zero attached hydrogens (tertiary/aromatic N) is 2. The molecule has 0 saturated heterocycles. The number of nitriles is 1. The van der Waals surface area contributed by atoms with Crippen LogP contribution in [0.1, 0.15) is 12.6 Å². The summed E-state index contributed by atoms with van der Waals surface area (Å²) in [6.07, 6.45) is 0. The summed E-state index contributed by atoms with van der Waals surface area (Å²) in [5.74, 6) is 0.721. The fraction of sp³-hybridized carbons (Fsp3) is 0.333. The third kappa shape index (κ3) is 1.26. The first-order chi connectivity index (χ1) is 4.86. The quantitative estimate of drug-likeness (QED) is 0.629. The maximum Gasteiger partial charge on any atom is 0.149 e. The van der Waals surface area contributed by atoms with Gasteiger partial charge in [0, 0.05) is 12.6 Å². The van der Waals surface area contributed by atoms with Crippen molar-refractivity contribution >= 4 is 5.82 Å². The van der Waals surface area contributed by atoms with Crippen molar-refractivity contribution in [3.63, 3.8) is 0 Å². The van der Waals surface area contributed by atoms with Crippen LogP contribution in [0.2, 0.25) is 0 Å². The molecule has 0 aromatic carbocycles. The SMILES string of the molecule is CCNc1cc(C#N)[nH]n1. The van der Waals surface area contributed by atoms with Crippen LogP contribution in [0, 0.1) is 11.3 Å². The van der Waals surface area contributed by atoms with Gasteiger partial charge in [-0.05, 0) is 6.92 Å². The molecule has 0 unspecified atom stereocenters. The van der Waals surface area contributed by atoms with E-state index >= 15 is 0 Å². The van der Waals surface area contributed by atoms with E-state index in [-0.39, 0.29) is 0 Å². The molecule has 0 spiro atoms. The van der Waals surface area contributed by atoms with Crippen LogP contribution in [0.5, 0.6) is 0 Å². The number of hydrogen-bond acceptors (Lipinski definition) is 3.